The smallest absolute Gasteiger partial charge is 0.336 e. The first-order valence-corrected chi connectivity index (χ1v) is 9.56. The Morgan fingerprint density at radius 1 is 1.03 bits per heavy atom. The van der Waals surface area contributed by atoms with Gasteiger partial charge in [-0.25, -0.2) is 4.79 Å². The van der Waals surface area contributed by atoms with E-state index in [4.69, 9.17) is 0 Å². The van der Waals surface area contributed by atoms with Crippen molar-refractivity contribution in [1.29, 1.82) is 0 Å². The fourth-order valence-electron chi connectivity index (χ4n) is 3.35. The summed E-state index contributed by atoms with van der Waals surface area (Å²) < 4.78 is 0. The monoisotopic (exact) mass is 383 g/mol. The van der Waals surface area contributed by atoms with E-state index >= 15 is 0 Å². The molecule has 29 heavy (non-hydrogen) atoms. The highest BCUT2D eigenvalue weighted by atomic mass is 16.4. The summed E-state index contributed by atoms with van der Waals surface area (Å²) in [5.41, 5.74) is 6.74. The summed E-state index contributed by atoms with van der Waals surface area (Å²) in [5.74, 6) is -0.921. The largest absolute Gasteiger partial charge is 0.478 e. The Labute approximate surface area is 169 Å². The number of pyridine rings is 2. The number of aromatic carboxylic acids is 1. The lowest BCUT2D eigenvalue weighted by molar-refractivity contribution is 0.0697. The second-order valence-corrected chi connectivity index (χ2v) is 6.79. The van der Waals surface area contributed by atoms with E-state index < -0.39 is 5.97 Å². The van der Waals surface area contributed by atoms with Gasteiger partial charge in [0.2, 0.25) is 0 Å². The highest BCUT2D eigenvalue weighted by Gasteiger charge is 2.11. The number of rotatable bonds is 6. The van der Waals surface area contributed by atoms with Crippen LogP contribution in [-0.2, 0) is 13.0 Å². The highest BCUT2D eigenvalue weighted by molar-refractivity contribution is 5.96. The summed E-state index contributed by atoms with van der Waals surface area (Å²) in [6.07, 6.45) is 2.63. The van der Waals surface area contributed by atoms with E-state index in [2.05, 4.69) is 22.2 Å². The van der Waals surface area contributed by atoms with Crippen LogP contribution >= 0.6 is 0 Å². The number of nitrogens with zero attached hydrogens (tertiary/aromatic N) is 2. The van der Waals surface area contributed by atoms with Gasteiger partial charge in [0.25, 0.3) is 0 Å². The maximum absolute atomic E-state index is 11.5. The number of carboxylic acids is 1. The van der Waals surface area contributed by atoms with Gasteiger partial charge in [-0.2, -0.15) is 0 Å². The molecule has 5 heteroatoms. The molecule has 0 atom stereocenters. The van der Waals surface area contributed by atoms with Crippen LogP contribution < -0.4 is 5.32 Å². The molecule has 0 saturated carbocycles. The zero-order valence-electron chi connectivity index (χ0n) is 16.1. The van der Waals surface area contributed by atoms with Crippen LogP contribution in [-0.4, -0.2) is 21.0 Å². The first kappa shape index (κ1) is 18.6. The number of carbonyl (C=O) groups is 1. The number of hydrogen-bond donors (Lipinski definition) is 2. The van der Waals surface area contributed by atoms with Gasteiger partial charge in [0.05, 0.1) is 16.8 Å². The lowest BCUT2D eigenvalue weighted by Crippen LogP contribution is -2.03. The summed E-state index contributed by atoms with van der Waals surface area (Å²) in [6.45, 7) is 2.72. The van der Waals surface area contributed by atoms with Gasteiger partial charge in [0.15, 0.2) is 0 Å². The van der Waals surface area contributed by atoms with Crippen LogP contribution in [0.4, 0.5) is 5.69 Å². The van der Waals surface area contributed by atoms with E-state index in [1.165, 1.54) is 0 Å². The van der Waals surface area contributed by atoms with Crippen LogP contribution in [0.5, 0.6) is 0 Å². The van der Waals surface area contributed by atoms with Crippen LogP contribution in [0, 0.1) is 0 Å². The molecule has 144 valence electrons. The normalized spacial score (nSPS) is 10.8. The van der Waals surface area contributed by atoms with Crippen molar-refractivity contribution in [3.8, 4) is 11.1 Å². The van der Waals surface area contributed by atoms with Gasteiger partial charge in [-0.1, -0.05) is 49.4 Å². The number of fused-ring (bicyclic) bond motifs is 1. The van der Waals surface area contributed by atoms with Crippen molar-refractivity contribution in [1.82, 2.24) is 9.97 Å². The molecule has 0 amide bonds. The highest BCUT2D eigenvalue weighted by Crippen LogP contribution is 2.25. The van der Waals surface area contributed by atoms with Gasteiger partial charge in [0, 0.05) is 18.4 Å². The van der Waals surface area contributed by atoms with Crippen LogP contribution in [0.15, 0.2) is 72.9 Å². The second-order valence-electron chi connectivity index (χ2n) is 6.79. The van der Waals surface area contributed by atoms with E-state index in [9.17, 15) is 9.90 Å². The third-order valence-electron chi connectivity index (χ3n) is 4.88. The summed E-state index contributed by atoms with van der Waals surface area (Å²) in [5, 5.41) is 12.9. The van der Waals surface area contributed by atoms with E-state index in [0.29, 0.717) is 12.1 Å². The maximum atomic E-state index is 11.5. The Morgan fingerprint density at radius 3 is 2.59 bits per heavy atom. The molecule has 2 N–H and O–H groups in total. The molecular formula is C24H21N3O2. The first-order chi connectivity index (χ1) is 14.2. The summed E-state index contributed by atoms with van der Waals surface area (Å²) >= 11 is 0. The molecule has 0 radical (unpaired) electrons. The molecule has 4 rings (SSSR count). The third-order valence-corrected chi connectivity index (χ3v) is 4.88. The Hall–Kier alpha value is -3.73. The van der Waals surface area contributed by atoms with Crippen molar-refractivity contribution in [3.05, 3.63) is 89.7 Å². The molecule has 0 aliphatic heterocycles. The fraction of sp³-hybridized carbons (Fsp3) is 0.125. The number of aryl methyl sites for hydroxylation is 1. The van der Waals surface area contributed by atoms with Gasteiger partial charge < -0.3 is 10.4 Å². The third kappa shape index (κ3) is 3.94. The Balaban J connectivity index is 1.57. The lowest BCUT2D eigenvalue weighted by atomic mass is 9.99. The predicted molar refractivity (Wildman–Crippen MR) is 115 cm³/mol. The van der Waals surface area contributed by atoms with Crippen molar-refractivity contribution in [2.24, 2.45) is 0 Å². The van der Waals surface area contributed by atoms with Gasteiger partial charge in [0.1, 0.15) is 5.52 Å². The average molecular weight is 383 g/mol. The van der Waals surface area contributed by atoms with E-state index in [1.807, 2.05) is 54.6 Å². The van der Waals surface area contributed by atoms with Crippen LogP contribution in [0.3, 0.4) is 0 Å². The van der Waals surface area contributed by atoms with E-state index in [0.717, 1.165) is 45.5 Å². The lowest BCUT2D eigenvalue weighted by Gasteiger charge is -2.12. The Bertz CT molecular complexity index is 1170. The van der Waals surface area contributed by atoms with Gasteiger partial charge in [-0.3, -0.25) is 9.97 Å². The minimum absolute atomic E-state index is 0.305. The van der Waals surface area contributed by atoms with E-state index in [1.54, 1.807) is 18.3 Å². The van der Waals surface area contributed by atoms with E-state index in [-0.39, 0.29) is 0 Å². The molecular weight excluding hydrogens is 362 g/mol. The maximum Gasteiger partial charge on any atom is 0.336 e. The molecule has 4 aromatic rings. The molecule has 0 spiro atoms. The molecule has 2 aromatic heterocycles. The first-order valence-electron chi connectivity index (χ1n) is 9.56. The molecule has 0 aliphatic rings. The summed E-state index contributed by atoms with van der Waals surface area (Å²) in [7, 11) is 0. The molecule has 0 unspecified atom stereocenters. The number of nitrogens with one attached hydrogen (secondary N) is 1. The SMILES string of the molecule is CCc1cc(NCc2ccc(-c3ccccc3C(=O)O)cc2)c2ncccc2n1. The van der Waals surface area contributed by atoms with Crippen LogP contribution in [0.25, 0.3) is 22.2 Å². The number of anilines is 1. The Kier molecular flexibility index (Phi) is 5.20. The van der Waals surface area contributed by atoms with Crippen molar-refractivity contribution in [3.63, 3.8) is 0 Å². The van der Waals surface area contributed by atoms with Crippen molar-refractivity contribution < 1.29 is 9.90 Å². The zero-order chi connectivity index (χ0) is 20.2. The summed E-state index contributed by atoms with van der Waals surface area (Å²) in [4.78, 5) is 20.6. The standard InChI is InChI=1S/C24H21N3O2/c1-2-18-14-22(23-21(27-18)8-5-13-25-23)26-15-16-9-11-17(12-10-16)19-6-3-4-7-20(19)24(28)29/h3-14H,2,15H2,1H3,(H,26,27)(H,28,29). The Morgan fingerprint density at radius 2 is 1.83 bits per heavy atom. The predicted octanol–water partition coefficient (Wildman–Crippen LogP) is 5.17. The quantitative estimate of drug-likeness (QED) is 0.480. The van der Waals surface area contributed by atoms with Crippen LogP contribution in [0.1, 0.15) is 28.5 Å². The topological polar surface area (TPSA) is 75.1 Å². The van der Waals surface area contributed by atoms with Gasteiger partial charge >= 0.3 is 5.97 Å². The molecule has 2 aromatic carbocycles. The minimum Gasteiger partial charge on any atom is -0.478 e. The molecule has 5 nitrogen and oxygen atoms in total. The number of aromatic nitrogens is 2. The number of benzene rings is 2. The molecule has 0 saturated heterocycles. The van der Waals surface area contributed by atoms with Crippen molar-refractivity contribution in [2.75, 3.05) is 5.32 Å². The van der Waals surface area contributed by atoms with Crippen molar-refractivity contribution >= 4 is 22.7 Å². The summed E-state index contributed by atoms with van der Waals surface area (Å²) in [6, 6.07) is 20.9. The second kappa shape index (κ2) is 8.10. The van der Waals surface area contributed by atoms with Crippen molar-refractivity contribution in [2.45, 2.75) is 19.9 Å². The van der Waals surface area contributed by atoms with Crippen LogP contribution in [0.2, 0.25) is 0 Å². The van der Waals surface area contributed by atoms with Gasteiger partial charge in [-0.05, 0) is 47.4 Å². The zero-order valence-corrected chi connectivity index (χ0v) is 16.1. The molecule has 2 heterocycles. The fourth-order valence-corrected chi connectivity index (χ4v) is 3.35. The van der Waals surface area contributed by atoms with Gasteiger partial charge in [-0.15, -0.1) is 0 Å². The number of hydrogen-bond acceptors (Lipinski definition) is 4. The molecule has 0 fully saturated rings. The minimum atomic E-state index is -0.921. The molecule has 0 aliphatic carbocycles. The number of carboxylic acid groups (broad SMARTS) is 1. The molecule has 0 bridgehead atoms. The average Bonchev–Trinajstić information content (AvgIpc) is 2.77.